The first kappa shape index (κ1) is 18.8. The fraction of sp³-hybridized carbons (Fsp3) is 0.722. The van der Waals surface area contributed by atoms with E-state index in [-0.39, 0.29) is 11.3 Å². The number of methoxy groups -OCH3 is 1. The maximum atomic E-state index is 13.9. The Morgan fingerprint density at radius 2 is 2.15 bits per heavy atom. The van der Waals surface area contributed by atoms with Gasteiger partial charge in [-0.05, 0) is 19.3 Å². The molecule has 1 aromatic heterocycles. The molecule has 1 aromatic rings. The largest absolute Gasteiger partial charge is 0.383 e. The average Bonchev–Trinajstić information content (AvgIpc) is 2.63. The number of amides is 1. The van der Waals surface area contributed by atoms with E-state index in [1.807, 2.05) is 4.90 Å². The Bertz CT molecular complexity index is 656. The molecular weight excluding hydrogens is 337 g/mol. The predicted octanol–water partition coefficient (Wildman–Crippen LogP) is 1.54. The van der Waals surface area contributed by atoms with E-state index in [1.54, 1.807) is 26.1 Å². The minimum Gasteiger partial charge on any atom is -0.383 e. The predicted molar refractivity (Wildman–Crippen MR) is 97.9 cm³/mol. The number of rotatable bonds is 5. The van der Waals surface area contributed by atoms with Gasteiger partial charge in [0.1, 0.15) is 0 Å². The lowest BCUT2D eigenvalue weighted by Crippen LogP contribution is -2.55. The molecule has 1 amide bonds. The summed E-state index contributed by atoms with van der Waals surface area (Å²) in [5, 5.41) is 0. The van der Waals surface area contributed by atoms with Crippen molar-refractivity contribution in [2.24, 2.45) is 5.41 Å². The van der Waals surface area contributed by atoms with Crippen LogP contribution in [0.15, 0.2) is 6.20 Å². The highest BCUT2D eigenvalue weighted by Gasteiger charge is 2.42. The fourth-order valence-electron chi connectivity index (χ4n) is 4.03. The maximum absolute atomic E-state index is 13.9. The Morgan fingerprint density at radius 3 is 2.88 bits per heavy atom. The first-order chi connectivity index (χ1) is 12.4. The first-order valence-corrected chi connectivity index (χ1v) is 9.16. The molecule has 8 heteroatoms. The van der Waals surface area contributed by atoms with E-state index < -0.39 is 5.82 Å². The standard InChI is InChI=1S/C18H28FN5O2/c1-22(2)16-14(19)11-20-17(21-16)24-8-4-6-18(13-24)7-5-15(25)23(12-18)9-10-26-3/h11H,4-10,12-13H2,1-3H3. The van der Waals surface area contributed by atoms with Crippen LogP contribution in [-0.4, -0.2) is 74.8 Å². The molecular formula is C18H28FN5O2. The summed E-state index contributed by atoms with van der Waals surface area (Å²) in [5.74, 6) is 0.655. The minimum atomic E-state index is -0.417. The zero-order valence-corrected chi connectivity index (χ0v) is 15.9. The van der Waals surface area contributed by atoms with Crippen molar-refractivity contribution in [3.05, 3.63) is 12.0 Å². The third-order valence-electron chi connectivity index (χ3n) is 5.39. The van der Waals surface area contributed by atoms with Crippen molar-refractivity contribution in [3.63, 3.8) is 0 Å². The second-order valence-corrected chi connectivity index (χ2v) is 7.57. The molecule has 0 aliphatic carbocycles. The topological polar surface area (TPSA) is 61.8 Å². The number of anilines is 2. The molecule has 2 saturated heterocycles. The van der Waals surface area contributed by atoms with Gasteiger partial charge in [-0.1, -0.05) is 0 Å². The van der Waals surface area contributed by atoms with Crippen LogP contribution >= 0.6 is 0 Å². The van der Waals surface area contributed by atoms with E-state index in [1.165, 1.54) is 6.20 Å². The molecule has 2 aliphatic rings. The molecule has 2 aliphatic heterocycles. The van der Waals surface area contributed by atoms with Crippen molar-refractivity contribution in [2.75, 3.05) is 63.8 Å². The molecule has 1 atom stereocenters. The van der Waals surface area contributed by atoms with E-state index >= 15 is 0 Å². The maximum Gasteiger partial charge on any atom is 0.227 e. The van der Waals surface area contributed by atoms with E-state index in [4.69, 9.17) is 4.74 Å². The number of aromatic nitrogens is 2. The summed E-state index contributed by atoms with van der Waals surface area (Å²) in [6, 6.07) is 0. The van der Waals surface area contributed by atoms with Crippen LogP contribution in [0.3, 0.4) is 0 Å². The minimum absolute atomic E-state index is 0.0515. The summed E-state index contributed by atoms with van der Waals surface area (Å²) in [4.78, 5) is 26.6. The number of carbonyl (C=O) groups excluding carboxylic acids is 1. The van der Waals surface area contributed by atoms with Crippen LogP contribution in [0.4, 0.5) is 16.2 Å². The van der Waals surface area contributed by atoms with Crippen molar-refractivity contribution in [1.29, 1.82) is 0 Å². The molecule has 3 heterocycles. The highest BCUT2D eigenvalue weighted by molar-refractivity contribution is 5.77. The number of carbonyl (C=O) groups is 1. The molecule has 2 fully saturated rings. The summed E-state index contributed by atoms with van der Waals surface area (Å²) in [7, 11) is 5.20. The highest BCUT2D eigenvalue weighted by Crippen LogP contribution is 2.39. The van der Waals surface area contributed by atoms with Crippen LogP contribution in [0.5, 0.6) is 0 Å². The molecule has 1 unspecified atom stereocenters. The molecule has 144 valence electrons. The van der Waals surface area contributed by atoms with Gasteiger partial charge in [0.2, 0.25) is 11.9 Å². The quantitative estimate of drug-likeness (QED) is 0.789. The van der Waals surface area contributed by atoms with Gasteiger partial charge in [-0.25, -0.2) is 9.37 Å². The lowest BCUT2D eigenvalue weighted by atomic mass is 9.73. The molecule has 1 spiro atoms. The lowest BCUT2D eigenvalue weighted by molar-refractivity contribution is -0.138. The van der Waals surface area contributed by atoms with Crippen molar-refractivity contribution in [1.82, 2.24) is 14.9 Å². The summed E-state index contributed by atoms with van der Waals surface area (Å²) < 4.78 is 19.0. The van der Waals surface area contributed by atoms with Crippen molar-refractivity contribution < 1.29 is 13.9 Å². The Labute approximate surface area is 154 Å². The van der Waals surface area contributed by atoms with Gasteiger partial charge in [-0.15, -0.1) is 0 Å². The molecule has 0 saturated carbocycles. The highest BCUT2D eigenvalue weighted by atomic mass is 19.1. The number of halogens is 1. The van der Waals surface area contributed by atoms with Crippen LogP contribution in [0.2, 0.25) is 0 Å². The van der Waals surface area contributed by atoms with Crippen molar-refractivity contribution in [3.8, 4) is 0 Å². The SMILES string of the molecule is COCCN1CC2(CCCN(c3ncc(F)c(N(C)C)n3)C2)CCC1=O. The van der Waals surface area contributed by atoms with Crippen LogP contribution in [0.1, 0.15) is 25.7 Å². The van der Waals surface area contributed by atoms with Crippen molar-refractivity contribution >= 4 is 17.7 Å². The van der Waals surface area contributed by atoms with Gasteiger partial charge in [-0.3, -0.25) is 4.79 Å². The normalized spacial score (nSPS) is 23.6. The van der Waals surface area contributed by atoms with Crippen LogP contribution < -0.4 is 9.80 Å². The second-order valence-electron chi connectivity index (χ2n) is 7.57. The van der Waals surface area contributed by atoms with Crippen molar-refractivity contribution in [2.45, 2.75) is 25.7 Å². The number of hydrogen-bond donors (Lipinski definition) is 0. The number of hydrogen-bond acceptors (Lipinski definition) is 6. The fourth-order valence-corrected chi connectivity index (χ4v) is 4.03. The number of piperidine rings is 2. The molecule has 0 radical (unpaired) electrons. The van der Waals surface area contributed by atoms with E-state index in [0.717, 1.165) is 38.9 Å². The molecule has 7 nitrogen and oxygen atoms in total. The second kappa shape index (κ2) is 7.73. The van der Waals surface area contributed by atoms with Gasteiger partial charge < -0.3 is 19.4 Å². The number of nitrogens with zero attached hydrogens (tertiary/aromatic N) is 5. The lowest BCUT2D eigenvalue weighted by Gasteiger charge is -2.48. The molecule has 0 N–H and O–H groups in total. The van der Waals surface area contributed by atoms with Gasteiger partial charge in [0.15, 0.2) is 11.6 Å². The Balaban J connectivity index is 1.76. The van der Waals surface area contributed by atoms with Crippen LogP contribution in [0.25, 0.3) is 0 Å². The summed E-state index contributed by atoms with van der Waals surface area (Å²) in [6.07, 6.45) is 4.80. The van der Waals surface area contributed by atoms with E-state index in [0.29, 0.717) is 31.3 Å². The first-order valence-electron chi connectivity index (χ1n) is 9.16. The molecule has 3 rings (SSSR count). The zero-order valence-electron chi connectivity index (χ0n) is 15.9. The van der Waals surface area contributed by atoms with Gasteiger partial charge in [0.05, 0.1) is 12.8 Å². The molecule has 0 bridgehead atoms. The third kappa shape index (κ3) is 3.90. The Morgan fingerprint density at radius 1 is 1.35 bits per heavy atom. The van der Waals surface area contributed by atoms with Crippen LogP contribution in [-0.2, 0) is 9.53 Å². The monoisotopic (exact) mass is 365 g/mol. The van der Waals surface area contributed by atoms with Gasteiger partial charge >= 0.3 is 0 Å². The third-order valence-corrected chi connectivity index (χ3v) is 5.39. The summed E-state index contributed by atoms with van der Waals surface area (Å²) in [5.41, 5.74) is 0.0515. The smallest absolute Gasteiger partial charge is 0.227 e. The Kier molecular flexibility index (Phi) is 5.60. The molecule has 26 heavy (non-hydrogen) atoms. The summed E-state index contributed by atoms with van der Waals surface area (Å²) in [6.45, 7) is 3.58. The zero-order chi connectivity index (χ0) is 18.7. The average molecular weight is 365 g/mol. The van der Waals surface area contributed by atoms with Gasteiger partial charge in [0, 0.05) is 59.2 Å². The number of ether oxygens (including phenoxy) is 1. The summed E-state index contributed by atoms with van der Waals surface area (Å²) >= 11 is 0. The molecule has 0 aromatic carbocycles. The van der Waals surface area contributed by atoms with E-state index in [2.05, 4.69) is 14.9 Å². The van der Waals surface area contributed by atoms with Gasteiger partial charge in [0.25, 0.3) is 0 Å². The Hall–Kier alpha value is -1.96. The number of likely N-dealkylation sites (tertiary alicyclic amines) is 1. The van der Waals surface area contributed by atoms with Gasteiger partial charge in [-0.2, -0.15) is 4.98 Å². The van der Waals surface area contributed by atoms with E-state index in [9.17, 15) is 9.18 Å². The van der Waals surface area contributed by atoms with Crippen LogP contribution in [0, 0.1) is 11.2 Å².